The fraction of sp³-hybridized carbons (Fsp3) is 0.0526. The Kier molecular flexibility index (Phi) is 3.39. The Labute approximate surface area is 137 Å². The minimum absolute atomic E-state index is 0.233. The van der Waals surface area contributed by atoms with E-state index in [9.17, 15) is 9.90 Å². The molecule has 0 aliphatic carbocycles. The van der Waals surface area contributed by atoms with E-state index < -0.39 is 5.97 Å². The highest BCUT2D eigenvalue weighted by Crippen LogP contribution is 2.33. The second-order valence-electron chi connectivity index (χ2n) is 5.36. The fourth-order valence-electron chi connectivity index (χ4n) is 2.66. The molecular weight excluding hydrogens is 306 g/mol. The molecule has 2 aromatic carbocycles. The average Bonchev–Trinajstić information content (AvgIpc) is 3.06. The third-order valence-corrected chi connectivity index (χ3v) is 3.81. The second-order valence-corrected chi connectivity index (χ2v) is 5.36. The number of carbonyl (C=O) groups is 1. The Morgan fingerprint density at radius 1 is 1.04 bits per heavy atom. The van der Waals surface area contributed by atoms with E-state index in [-0.39, 0.29) is 12.4 Å². The zero-order chi connectivity index (χ0) is 16.5. The monoisotopic (exact) mass is 319 g/mol. The number of nitrogens with zero attached hydrogens (tertiary/aromatic N) is 1. The number of pyridine rings is 1. The van der Waals surface area contributed by atoms with Crippen LogP contribution < -0.4 is 9.47 Å². The quantitative estimate of drug-likeness (QED) is 0.794. The van der Waals surface area contributed by atoms with Crippen molar-refractivity contribution in [2.45, 2.75) is 0 Å². The number of rotatable bonds is 3. The standard InChI is InChI=1S/C19H13NO4/c21-19(22)15-10-13(20-16-4-2-1-3-14(15)16)7-5-12-6-8-17-18(9-12)24-11-23-17/h1-10H,11H2,(H,21,22)/b7-5+. The van der Waals surface area contributed by atoms with Gasteiger partial charge >= 0.3 is 5.97 Å². The molecule has 24 heavy (non-hydrogen) atoms. The number of para-hydroxylation sites is 1. The molecule has 0 amide bonds. The third-order valence-electron chi connectivity index (χ3n) is 3.81. The largest absolute Gasteiger partial charge is 0.478 e. The van der Waals surface area contributed by atoms with Gasteiger partial charge in [-0.25, -0.2) is 9.78 Å². The van der Waals surface area contributed by atoms with Gasteiger partial charge in [-0.3, -0.25) is 0 Å². The molecule has 0 unspecified atom stereocenters. The summed E-state index contributed by atoms with van der Waals surface area (Å²) in [7, 11) is 0. The van der Waals surface area contributed by atoms with Gasteiger partial charge in [-0.1, -0.05) is 30.3 Å². The van der Waals surface area contributed by atoms with Crippen LogP contribution in [-0.4, -0.2) is 22.9 Å². The van der Waals surface area contributed by atoms with Crippen molar-refractivity contribution in [3.8, 4) is 11.5 Å². The molecular formula is C19H13NO4. The first-order chi connectivity index (χ1) is 11.7. The Morgan fingerprint density at radius 3 is 2.75 bits per heavy atom. The van der Waals surface area contributed by atoms with Crippen LogP contribution in [0.5, 0.6) is 11.5 Å². The molecule has 1 aliphatic heterocycles. The van der Waals surface area contributed by atoms with Gasteiger partial charge in [0.05, 0.1) is 16.8 Å². The predicted octanol–water partition coefficient (Wildman–Crippen LogP) is 3.83. The van der Waals surface area contributed by atoms with Gasteiger partial charge in [-0.05, 0) is 35.9 Å². The maximum atomic E-state index is 11.5. The predicted molar refractivity (Wildman–Crippen MR) is 90.2 cm³/mol. The van der Waals surface area contributed by atoms with Gasteiger partial charge in [-0.15, -0.1) is 0 Å². The van der Waals surface area contributed by atoms with Gasteiger partial charge in [0.15, 0.2) is 11.5 Å². The lowest BCUT2D eigenvalue weighted by atomic mass is 10.1. The molecule has 2 heterocycles. The summed E-state index contributed by atoms with van der Waals surface area (Å²) < 4.78 is 10.6. The van der Waals surface area contributed by atoms with E-state index in [0.717, 1.165) is 11.3 Å². The first kappa shape index (κ1) is 14.3. The van der Waals surface area contributed by atoms with Crippen molar-refractivity contribution in [1.29, 1.82) is 0 Å². The smallest absolute Gasteiger partial charge is 0.336 e. The summed E-state index contributed by atoms with van der Waals surface area (Å²) in [6.45, 7) is 0.233. The molecule has 0 bridgehead atoms. The number of aromatic carboxylic acids is 1. The van der Waals surface area contributed by atoms with E-state index in [1.165, 1.54) is 0 Å². The number of fused-ring (bicyclic) bond motifs is 2. The Hall–Kier alpha value is -3.34. The molecule has 1 aliphatic rings. The Bertz CT molecular complexity index is 978. The van der Waals surface area contributed by atoms with Gasteiger partial charge in [-0.2, -0.15) is 0 Å². The summed E-state index contributed by atoms with van der Waals surface area (Å²) in [5.41, 5.74) is 2.41. The minimum atomic E-state index is -0.966. The molecule has 0 saturated carbocycles. The van der Waals surface area contributed by atoms with Crippen molar-refractivity contribution < 1.29 is 19.4 Å². The van der Waals surface area contributed by atoms with Crippen LogP contribution in [-0.2, 0) is 0 Å². The summed E-state index contributed by atoms with van der Waals surface area (Å²) in [5, 5.41) is 10.0. The molecule has 5 nitrogen and oxygen atoms in total. The maximum Gasteiger partial charge on any atom is 0.336 e. The average molecular weight is 319 g/mol. The van der Waals surface area contributed by atoms with Crippen LogP contribution in [0.1, 0.15) is 21.6 Å². The lowest BCUT2D eigenvalue weighted by Gasteiger charge is -2.04. The highest BCUT2D eigenvalue weighted by molar-refractivity contribution is 6.03. The summed E-state index contributed by atoms with van der Waals surface area (Å²) in [6.07, 6.45) is 3.65. The summed E-state index contributed by atoms with van der Waals surface area (Å²) >= 11 is 0. The van der Waals surface area contributed by atoms with E-state index in [1.54, 1.807) is 30.3 Å². The molecule has 0 saturated heterocycles. The molecule has 118 valence electrons. The Morgan fingerprint density at radius 2 is 1.88 bits per heavy atom. The minimum Gasteiger partial charge on any atom is -0.478 e. The number of hydrogen-bond donors (Lipinski definition) is 1. The molecule has 3 aromatic rings. The summed E-state index contributed by atoms with van der Waals surface area (Å²) in [5.74, 6) is 0.463. The molecule has 0 spiro atoms. The van der Waals surface area contributed by atoms with Gasteiger partial charge in [0.25, 0.3) is 0 Å². The summed E-state index contributed by atoms with van der Waals surface area (Å²) in [6, 6.07) is 14.4. The Balaban J connectivity index is 1.73. The van der Waals surface area contributed by atoms with E-state index in [2.05, 4.69) is 4.98 Å². The number of carboxylic acid groups (broad SMARTS) is 1. The van der Waals surface area contributed by atoms with Crippen molar-refractivity contribution in [3.05, 3.63) is 65.4 Å². The lowest BCUT2D eigenvalue weighted by molar-refractivity contribution is 0.0699. The van der Waals surface area contributed by atoms with Crippen molar-refractivity contribution in [2.75, 3.05) is 6.79 Å². The molecule has 5 heteroatoms. The van der Waals surface area contributed by atoms with E-state index in [0.29, 0.717) is 22.3 Å². The van der Waals surface area contributed by atoms with E-state index >= 15 is 0 Å². The molecule has 0 fully saturated rings. The van der Waals surface area contributed by atoms with Crippen molar-refractivity contribution in [1.82, 2.24) is 4.98 Å². The van der Waals surface area contributed by atoms with Crippen molar-refractivity contribution in [3.63, 3.8) is 0 Å². The zero-order valence-corrected chi connectivity index (χ0v) is 12.6. The van der Waals surface area contributed by atoms with Crippen LogP contribution in [0.4, 0.5) is 0 Å². The fourth-order valence-corrected chi connectivity index (χ4v) is 2.66. The van der Waals surface area contributed by atoms with Gasteiger partial charge in [0.1, 0.15) is 0 Å². The normalized spacial score (nSPS) is 12.8. The molecule has 4 rings (SSSR count). The first-order valence-corrected chi connectivity index (χ1v) is 7.41. The van der Waals surface area contributed by atoms with Crippen LogP contribution in [0.3, 0.4) is 0 Å². The summed E-state index contributed by atoms with van der Waals surface area (Å²) in [4.78, 5) is 16.0. The first-order valence-electron chi connectivity index (χ1n) is 7.41. The maximum absolute atomic E-state index is 11.5. The number of hydrogen-bond acceptors (Lipinski definition) is 4. The molecule has 1 aromatic heterocycles. The molecule has 0 radical (unpaired) electrons. The van der Waals surface area contributed by atoms with Crippen LogP contribution in [0.2, 0.25) is 0 Å². The third kappa shape index (κ3) is 2.56. The molecule has 1 N–H and O–H groups in total. The van der Waals surface area contributed by atoms with Gasteiger partial charge < -0.3 is 14.6 Å². The molecule has 0 atom stereocenters. The van der Waals surface area contributed by atoms with Gasteiger partial charge in [0.2, 0.25) is 6.79 Å². The van der Waals surface area contributed by atoms with Crippen LogP contribution in [0, 0.1) is 0 Å². The number of aromatic nitrogens is 1. The topological polar surface area (TPSA) is 68.7 Å². The van der Waals surface area contributed by atoms with Crippen LogP contribution in [0.15, 0.2) is 48.5 Å². The van der Waals surface area contributed by atoms with Crippen molar-refractivity contribution in [2.24, 2.45) is 0 Å². The SMILES string of the molecule is O=C(O)c1cc(/C=C/c2ccc3c(c2)OCO3)nc2ccccc12. The van der Waals surface area contributed by atoms with Crippen LogP contribution >= 0.6 is 0 Å². The number of carboxylic acids is 1. The highest BCUT2D eigenvalue weighted by Gasteiger charge is 2.13. The second kappa shape index (κ2) is 5.70. The van der Waals surface area contributed by atoms with Crippen molar-refractivity contribution >= 4 is 29.0 Å². The number of benzene rings is 2. The van der Waals surface area contributed by atoms with Gasteiger partial charge in [0, 0.05) is 5.39 Å². The lowest BCUT2D eigenvalue weighted by Crippen LogP contribution is -2.00. The number of ether oxygens (including phenoxy) is 2. The van der Waals surface area contributed by atoms with E-state index in [1.807, 2.05) is 30.3 Å². The highest BCUT2D eigenvalue weighted by atomic mass is 16.7. The van der Waals surface area contributed by atoms with E-state index in [4.69, 9.17) is 9.47 Å². The van der Waals surface area contributed by atoms with Crippen LogP contribution in [0.25, 0.3) is 23.1 Å². The zero-order valence-electron chi connectivity index (χ0n) is 12.6.